The van der Waals surface area contributed by atoms with E-state index in [4.69, 9.17) is 19.2 Å². The van der Waals surface area contributed by atoms with Crippen molar-refractivity contribution in [1.29, 1.82) is 0 Å². The Morgan fingerprint density at radius 1 is 1.00 bits per heavy atom. The molecule has 24 heavy (non-hydrogen) atoms. The number of benzene rings is 2. The molecule has 0 bridgehead atoms. The maximum Gasteiger partial charge on any atom is 0.228 e. The summed E-state index contributed by atoms with van der Waals surface area (Å²) in [6, 6.07) is 17.9. The van der Waals surface area contributed by atoms with Crippen molar-refractivity contribution in [1.82, 2.24) is 4.98 Å². The van der Waals surface area contributed by atoms with Crippen LogP contribution in [0.2, 0.25) is 0 Å². The van der Waals surface area contributed by atoms with Crippen molar-refractivity contribution in [2.24, 2.45) is 0 Å². The Labute approximate surface area is 140 Å². The highest BCUT2D eigenvalue weighted by molar-refractivity contribution is 5.88. The second-order valence-electron chi connectivity index (χ2n) is 5.55. The van der Waals surface area contributed by atoms with E-state index in [0.29, 0.717) is 0 Å². The van der Waals surface area contributed by atoms with Crippen LogP contribution in [-0.4, -0.2) is 19.2 Å². The first-order chi connectivity index (χ1) is 11.8. The topological polar surface area (TPSA) is 40.6 Å². The summed E-state index contributed by atoms with van der Waals surface area (Å²) in [7, 11) is 3.29. The molecule has 0 saturated carbocycles. The van der Waals surface area contributed by atoms with Crippen molar-refractivity contribution in [2.45, 2.75) is 6.29 Å². The fraction of sp³-hybridized carbons (Fsp3) is 0.150. The Kier molecular flexibility index (Phi) is 3.67. The first-order valence-corrected chi connectivity index (χ1v) is 7.74. The number of rotatable bonds is 3. The maximum absolute atomic E-state index is 6.02. The average Bonchev–Trinajstić information content (AvgIpc) is 2.65. The third-order valence-electron chi connectivity index (χ3n) is 4.12. The van der Waals surface area contributed by atoms with E-state index in [-0.39, 0.29) is 0 Å². The third-order valence-corrected chi connectivity index (χ3v) is 4.12. The van der Waals surface area contributed by atoms with Crippen molar-refractivity contribution in [3.63, 3.8) is 0 Å². The lowest BCUT2D eigenvalue weighted by atomic mass is 10.0. The van der Waals surface area contributed by atoms with Crippen LogP contribution in [-0.2, 0) is 9.47 Å². The molecule has 1 aromatic heterocycles. The first kappa shape index (κ1) is 14.7. The van der Waals surface area contributed by atoms with E-state index in [9.17, 15) is 0 Å². The number of hydrogen-bond donors (Lipinski definition) is 0. The molecule has 4 nitrogen and oxygen atoms in total. The number of pyridine rings is 1. The van der Waals surface area contributed by atoms with Gasteiger partial charge in [-0.05, 0) is 12.1 Å². The van der Waals surface area contributed by atoms with Crippen LogP contribution in [0.15, 0.2) is 54.6 Å². The molecule has 0 spiro atoms. The summed E-state index contributed by atoms with van der Waals surface area (Å²) in [5.74, 6) is 1.50. The third kappa shape index (κ3) is 2.41. The molecule has 0 fully saturated rings. The van der Waals surface area contributed by atoms with Gasteiger partial charge in [-0.2, -0.15) is 0 Å². The summed E-state index contributed by atoms with van der Waals surface area (Å²) in [5, 5.41) is 0.996. The van der Waals surface area contributed by atoms with E-state index < -0.39 is 6.29 Å². The number of aromatic nitrogens is 1. The summed E-state index contributed by atoms with van der Waals surface area (Å²) < 4.78 is 17.0. The summed E-state index contributed by atoms with van der Waals surface area (Å²) in [6.07, 6.45) is 1.47. The van der Waals surface area contributed by atoms with Gasteiger partial charge in [0.15, 0.2) is 0 Å². The Morgan fingerprint density at radius 3 is 2.58 bits per heavy atom. The highest BCUT2D eigenvalue weighted by Crippen LogP contribution is 2.37. The molecular formula is C20H17NO3. The zero-order valence-electron chi connectivity index (χ0n) is 13.5. The van der Waals surface area contributed by atoms with Gasteiger partial charge in [0.25, 0.3) is 0 Å². The fourth-order valence-electron chi connectivity index (χ4n) is 2.94. The molecule has 4 rings (SSSR count). The van der Waals surface area contributed by atoms with Gasteiger partial charge in [-0.25, -0.2) is 4.98 Å². The minimum absolute atomic E-state index is 0.483. The van der Waals surface area contributed by atoms with Gasteiger partial charge in [0.2, 0.25) is 6.29 Å². The van der Waals surface area contributed by atoms with Crippen LogP contribution in [0.3, 0.4) is 0 Å². The van der Waals surface area contributed by atoms with Crippen molar-refractivity contribution in [3.8, 4) is 5.75 Å². The van der Waals surface area contributed by atoms with Gasteiger partial charge in [0, 0.05) is 29.7 Å². The Hall–Kier alpha value is -2.85. The summed E-state index contributed by atoms with van der Waals surface area (Å²) in [4.78, 5) is 4.80. The Balaban J connectivity index is 1.92. The fourth-order valence-corrected chi connectivity index (χ4v) is 2.94. The van der Waals surface area contributed by atoms with Crippen LogP contribution in [0, 0.1) is 0 Å². The van der Waals surface area contributed by atoms with Gasteiger partial charge in [-0.3, -0.25) is 0 Å². The number of hydrogen-bond acceptors (Lipinski definition) is 4. The lowest BCUT2D eigenvalue weighted by Crippen LogP contribution is -2.13. The normalized spacial score (nSPS) is 16.2. The highest BCUT2D eigenvalue weighted by Gasteiger charge is 2.25. The van der Waals surface area contributed by atoms with Gasteiger partial charge < -0.3 is 14.2 Å². The molecule has 0 aliphatic carbocycles. The van der Waals surface area contributed by atoms with Gasteiger partial charge in [0.1, 0.15) is 17.0 Å². The first-order valence-electron chi connectivity index (χ1n) is 7.74. The summed E-state index contributed by atoms with van der Waals surface area (Å²) >= 11 is 0. The lowest BCUT2D eigenvalue weighted by molar-refractivity contribution is -0.0767. The SMILES string of the molecule is COc1cccc2cc3c(nc12)C=C(c1ccccc1)OC3OC. The van der Waals surface area contributed by atoms with E-state index >= 15 is 0 Å². The molecule has 120 valence electrons. The predicted octanol–water partition coefficient (Wildman–Crippen LogP) is 4.42. The average molecular weight is 319 g/mol. The van der Waals surface area contributed by atoms with Crippen LogP contribution < -0.4 is 4.74 Å². The monoisotopic (exact) mass is 319 g/mol. The van der Waals surface area contributed by atoms with Crippen molar-refractivity contribution < 1.29 is 14.2 Å². The number of fused-ring (bicyclic) bond motifs is 2. The molecule has 1 unspecified atom stereocenters. The lowest BCUT2D eigenvalue weighted by Gasteiger charge is -2.26. The smallest absolute Gasteiger partial charge is 0.228 e. The predicted molar refractivity (Wildman–Crippen MR) is 93.4 cm³/mol. The molecule has 3 aromatic rings. The molecular weight excluding hydrogens is 302 g/mol. The Morgan fingerprint density at radius 2 is 1.83 bits per heavy atom. The molecule has 1 aliphatic rings. The summed E-state index contributed by atoms with van der Waals surface area (Å²) in [6.45, 7) is 0. The molecule has 4 heteroatoms. The second-order valence-corrected chi connectivity index (χ2v) is 5.55. The van der Waals surface area contributed by atoms with E-state index in [1.165, 1.54) is 0 Å². The Bertz CT molecular complexity index is 919. The summed E-state index contributed by atoms with van der Waals surface area (Å²) in [5.41, 5.74) is 3.58. The zero-order valence-corrected chi connectivity index (χ0v) is 13.5. The van der Waals surface area contributed by atoms with Gasteiger partial charge in [0.05, 0.1) is 12.8 Å². The van der Waals surface area contributed by atoms with Crippen molar-refractivity contribution in [2.75, 3.05) is 14.2 Å². The van der Waals surface area contributed by atoms with Gasteiger partial charge in [-0.15, -0.1) is 0 Å². The zero-order chi connectivity index (χ0) is 16.5. The van der Waals surface area contributed by atoms with Crippen LogP contribution in [0.1, 0.15) is 23.1 Å². The van der Waals surface area contributed by atoms with E-state index in [2.05, 4.69) is 0 Å². The molecule has 2 heterocycles. The van der Waals surface area contributed by atoms with Gasteiger partial charge >= 0.3 is 0 Å². The number of para-hydroxylation sites is 1. The number of ether oxygens (including phenoxy) is 3. The van der Waals surface area contributed by atoms with Crippen molar-refractivity contribution >= 4 is 22.7 Å². The minimum Gasteiger partial charge on any atom is -0.494 e. The minimum atomic E-state index is -0.483. The largest absolute Gasteiger partial charge is 0.494 e. The molecule has 0 saturated heterocycles. The second kappa shape index (κ2) is 5.98. The van der Waals surface area contributed by atoms with Crippen LogP contribution in [0.4, 0.5) is 0 Å². The molecule has 0 radical (unpaired) electrons. The maximum atomic E-state index is 6.02. The van der Waals surface area contributed by atoms with Crippen LogP contribution in [0.5, 0.6) is 5.75 Å². The molecule has 2 aromatic carbocycles. The number of methoxy groups -OCH3 is 2. The molecule has 0 amide bonds. The van der Waals surface area contributed by atoms with Crippen LogP contribution in [0.25, 0.3) is 22.7 Å². The number of nitrogens with zero attached hydrogens (tertiary/aromatic N) is 1. The molecule has 0 N–H and O–H groups in total. The highest BCUT2D eigenvalue weighted by atomic mass is 16.7. The van der Waals surface area contributed by atoms with Crippen molar-refractivity contribution in [3.05, 3.63) is 71.4 Å². The van der Waals surface area contributed by atoms with Gasteiger partial charge in [-0.1, -0.05) is 42.5 Å². The molecule has 1 aliphatic heterocycles. The van der Waals surface area contributed by atoms with E-state index in [1.54, 1.807) is 14.2 Å². The van der Waals surface area contributed by atoms with E-state index in [1.807, 2.05) is 60.7 Å². The molecule has 1 atom stereocenters. The standard InChI is InChI=1S/C20H17NO3/c1-22-17-10-6-9-14-11-15-16(21-19(14)17)12-18(24-20(15)23-2)13-7-4-3-5-8-13/h3-12,20H,1-2H3. The van der Waals surface area contributed by atoms with Crippen LogP contribution >= 0.6 is 0 Å². The van der Waals surface area contributed by atoms with E-state index in [0.717, 1.165) is 39.2 Å². The quantitative estimate of drug-likeness (QED) is 0.716.